The van der Waals surface area contributed by atoms with Crippen molar-refractivity contribution < 1.29 is 0 Å². The van der Waals surface area contributed by atoms with Crippen LogP contribution >= 0.6 is 0 Å². The molecule has 0 aliphatic carbocycles. The van der Waals surface area contributed by atoms with Gasteiger partial charge in [-0.15, -0.1) is 0 Å². The van der Waals surface area contributed by atoms with Crippen LogP contribution in [0.2, 0.25) is 0 Å². The van der Waals surface area contributed by atoms with Gasteiger partial charge >= 0.3 is 0 Å². The predicted molar refractivity (Wildman–Crippen MR) is 113 cm³/mol. The van der Waals surface area contributed by atoms with Gasteiger partial charge in [0.05, 0.1) is 5.69 Å². The lowest BCUT2D eigenvalue weighted by Crippen LogP contribution is -2.19. The van der Waals surface area contributed by atoms with E-state index < -0.39 is 0 Å². The standard InChI is InChI=1S/C22H33N5/c1-3-7-19(4-2)24-21-15-20(25-22(23)26-21)14-17-8-10-18(11-9-17)16-27-12-5-6-13-27/h8-11,15,19H,3-7,12-14,16H2,1-2H3,(H3,23,24,25,26). The second kappa shape index (κ2) is 9.70. The van der Waals surface area contributed by atoms with E-state index in [9.17, 15) is 0 Å². The second-order valence-electron chi connectivity index (χ2n) is 7.62. The van der Waals surface area contributed by atoms with E-state index in [1.165, 1.54) is 37.1 Å². The fraction of sp³-hybridized carbons (Fsp3) is 0.545. The molecule has 1 aliphatic rings. The number of hydrogen-bond donors (Lipinski definition) is 2. The van der Waals surface area contributed by atoms with Gasteiger partial charge in [0, 0.05) is 25.1 Å². The minimum absolute atomic E-state index is 0.340. The first-order valence-electron chi connectivity index (χ1n) is 10.4. The van der Waals surface area contributed by atoms with Crippen molar-refractivity contribution in [2.45, 2.75) is 65.0 Å². The summed E-state index contributed by atoms with van der Waals surface area (Å²) in [5, 5.41) is 3.51. The summed E-state index contributed by atoms with van der Waals surface area (Å²) in [5.41, 5.74) is 9.55. The average molecular weight is 368 g/mol. The Morgan fingerprint density at radius 3 is 2.44 bits per heavy atom. The molecular weight excluding hydrogens is 334 g/mol. The molecule has 5 heteroatoms. The molecule has 1 aromatic carbocycles. The van der Waals surface area contributed by atoms with Crippen molar-refractivity contribution in [1.29, 1.82) is 0 Å². The largest absolute Gasteiger partial charge is 0.368 e. The van der Waals surface area contributed by atoms with Crippen LogP contribution < -0.4 is 11.1 Å². The summed E-state index contributed by atoms with van der Waals surface area (Å²) in [6.45, 7) is 7.92. The first-order valence-corrected chi connectivity index (χ1v) is 10.4. The third-order valence-electron chi connectivity index (χ3n) is 5.29. The highest BCUT2D eigenvalue weighted by Gasteiger charge is 2.12. The van der Waals surface area contributed by atoms with Crippen LogP contribution in [0.1, 0.15) is 62.8 Å². The molecule has 0 amide bonds. The van der Waals surface area contributed by atoms with E-state index in [0.29, 0.717) is 12.0 Å². The van der Waals surface area contributed by atoms with Crippen LogP contribution in [0, 0.1) is 0 Å². The maximum Gasteiger partial charge on any atom is 0.222 e. The Labute approximate surface area is 163 Å². The van der Waals surface area contributed by atoms with Crippen molar-refractivity contribution in [1.82, 2.24) is 14.9 Å². The first kappa shape index (κ1) is 19.6. The highest BCUT2D eigenvalue weighted by atomic mass is 15.1. The van der Waals surface area contributed by atoms with Crippen molar-refractivity contribution in [3.8, 4) is 0 Å². The molecule has 1 saturated heterocycles. The van der Waals surface area contributed by atoms with Crippen molar-refractivity contribution >= 4 is 11.8 Å². The molecule has 0 spiro atoms. The van der Waals surface area contributed by atoms with E-state index in [2.05, 4.69) is 58.3 Å². The number of nitrogens with two attached hydrogens (primary N) is 1. The Kier molecular flexibility index (Phi) is 7.04. The smallest absolute Gasteiger partial charge is 0.222 e. The fourth-order valence-corrected chi connectivity index (χ4v) is 3.79. The topological polar surface area (TPSA) is 67.1 Å². The van der Waals surface area contributed by atoms with Crippen molar-refractivity contribution in [3.63, 3.8) is 0 Å². The maximum atomic E-state index is 5.95. The number of benzene rings is 1. The van der Waals surface area contributed by atoms with E-state index in [1.54, 1.807) is 0 Å². The van der Waals surface area contributed by atoms with E-state index in [0.717, 1.165) is 43.7 Å². The molecule has 146 valence electrons. The minimum Gasteiger partial charge on any atom is -0.368 e. The SMILES string of the molecule is CCCC(CC)Nc1cc(Cc2ccc(CN3CCCC3)cc2)nc(N)n1. The summed E-state index contributed by atoms with van der Waals surface area (Å²) < 4.78 is 0. The molecule has 1 aromatic heterocycles. The normalized spacial score (nSPS) is 15.8. The summed E-state index contributed by atoms with van der Waals surface area (Å²) in [6.07, 6.45) is 6.81. The molecule has 5 nitrogen and oxygen atoms in total. The highest BCUT2D eigenvalue weighted by Crippen LogP contribution is 2.17. The molecule has 0 saturated carbocycles. The lowest BCUT2D eigenvalue weighted by molar-refractivity contribution is 0.331. The molecule has 1 aliphatic heterocycles. The van der Waals surface area contributed by atoms with Gasteiger partial charge in [-0.1, -0.05) is 44.5 Å². The van der Waals surface area contributed by atoms with Crippen LogP contribution in [-0.2, 0) is 13.0 Å². The maximum absolute atomic E-state index is 5.95. The third kappa shape index (κ3) is 5.93. The molecule has 1 fully saturated rings. The van der Waals surface area contributed by atoms with Crippen LogP contribution in [0.5, 0.6) is 0 Å². The zero-order valence-electron chi connectivity index (χ0n) is 16.7. The number of hydrogen-bond acceptors (Lipinski definition) is 5. The molecule has 1 atom stereocenters. The molecule has 3 rings (SSSR count). The number of rotatable bonds is 9. The highest BCUT2D eigenvalue weighted by molar-refractivity contribution is 5.42. The fourth-order valence-electron chi connectivity index (χ4n) is 3.79. The van der Waals surface area contributed by atoms with Gasteiger partial charge in [0.2, 0.25) is 5.95 Å². The molecule has 27 heavy (non-hydrogen) atoms. The van der Waals surface area contributed by atoms with Gasteiger partial charge in [-0.05, 0) is 49.9 Å². The molecule has 2 aromatic rings. The summed E-state index contributed by atoms with van der Waals surface area (Å²) in [7, 11) is 0. The molecule has 1 unspecified atom stereocenters. The Balaban J connectivity index is 1.64. The van der Waals surface area contributed by atoms with Gasteiger partial charge in [-0.2, -0.15) is 4.98 Å². The number of nitrogen functional groups attached to an aromatic ring is 1. The van der Waals surface area contributed by atoms with Crippen molar-refractivity contribution in [2.24, 2.45) is 0 Å². The number of aromatic nitrogens is 2. The van der Waals surface area contributed by atoms with Crippen LogP contribution in [0.3, 0.4) is 0 Å². The van der Waals surface area contributed by atoms with Gasteiger partial charge in [0.25, 0.3) is 0 Å². The van der Waals surface area contributed by atoms with Gasteiger partial charge in [-0.25, -0.2) is 4.98 Å². The van der Waals surface area contributed by atoms with Crippen LogP contribution in [-0.4, -0.2) is 34.0 Å². The quantitative estimate of drug-likeness (QED) is 0.694. The van der Waals surface area contributed by atoms with Gasteiger partial charge in [0.1, 0.15) is 5.82 Å². The number of likely N-dealkylation sites (tertiary alicyclic amines) is 1. The summed E-state index contributed by atoms with van der Waals surface area (Å²) in [4.78, 5) is 11.3. The average Bonchev–Trinajstić information content (AvgIpc) is 3.15. The molecule has 0 radical (unpaired) electrons. The Bertz CT molecular complexity index is 707. The zero-order chi connectivity index (χ0) is 19.1. The van der Waals surface area contributed by atoms with Crippen molar-refractivity contribution in [3.05, 3.63) is 47.2 Å². The van der Waals surface area contributed by atoms with E-state index >= 15 is 0 Å². The number of anilines is 2. The van der Waals surface area contributed by atoms with Crippen LogP contribution in [0.15, 0.2) is 30.3 Å². The molecular formula is C22H33N5. The Morgan fingerprint density at radius 1 is 1.07 bits per heavy atom. The zero-order valence-corrected chi connectivity index (χ0v) is 16.7. The second-order valence-corrected chi connectivity index (χ2v) is 7.62. The Morgan fingerprint density at radius 2 is 1.78 bits per heavy atom. The monoisotopic (exact) mass is 367 g/mol. The van der Waals surface area contributed by atoms with E-state index in [4.69, 9.17) is 5.73 Å². The first-order chi connectivity index (χ1) is 13.2. The van der Waals surface area contributed by atoms with Gasteiger partial charge < -0.3 is 11.1 Å². The lowest BCUT2D eigenvalue weighted by Gasteiger charge is -2.17. The summed E-state index contributed by atoms with van der Waals surface area (Å²) in [5.74, 6) is 1.18. The third-order valence-corrected chi connectivity index (χ3v) is 5.29. The summed E-state index contributed by atoms with van der Waals surface area (Å²) >= 11 is 0. The van der Waals surface area contributed by atoms with Gasteiger partial charge in [0.15, 0.2) is 0 Å². The molecule has 0 bridgehead atoms. The Hall–Kier alpha value is -2.14. The predicted octanol–water partition coefficient (Wildman–Crippen LogP) is 4.24. The van der Waals surface area contributed by atoms with Crippen molar-refractivity contribution in [2.75, 3.05) is 24.1 Å². The number of nitrogens with zero attached hydrogens (tertiary/aromatic N) is 3. The molecule has 3 N–H and O–H groups in total. The summed E-state index contributed by atoms with van der Waals surface area (Å²) in [6, 6.07) is 11.4. The van der Waals surface area contributed by atoms with E-state index in [-0.39, 0.29) is 0 Å². The number of nitrogens with one attached hydrogen (secondary N) is 1. The lowest BCUT2D eigenvalue weighted by atomic mass is 10.1. The van der Waals surface area contributed by atoms with Crippen LogP contribution in [0.25, 0.3) is 0 Å². The molecule has 2 heterocycles. The van der Waals surface area contributed by atoms with E-state index in [1.807, 2.05) is 6.07 Å². The van der Waals surface area contributed by atoms with Gasteiger partial charge in [-0.3, -0.25) is 4.90 Å². The van der Waals surface area contributed by atoms with Crippen LogP contribution in [0.4, 0.5) is 11.8 Å². The minimum atomic E-state index is 0.340.